The minimum absolute atomic E-state index is 0.208. The lowest BCUT2D eigenvalue weighted by molar-refractivity contribution is -0.125. The van der Waals surface area contributed by atoms with Crippen LogP contribution in [-0.2, 0) is 4.79 Å². The summed E-state index contributed by atoms with van der Waals surface area (Å²) in [5, 5.41) is 0. The number of benzene rings is 1. The number of halogens is 1. The number of ketones is 1. The zero-order chi connectivity index (χ0) is 15.0. The summed E-state index contributed by atoms with van der Waals surface area (Å²) in [6.07, 6.45) is 3.94. The number of fused-ring (bicyclic) bond motifs is 3. The molecular weight excluding hydrogens is 334 g/mol. The number of carbonyl (C=O) groups is 1. The van der Waals surface area contributed by atoms with E-state index in [1.165, 1.54) is 0 Å². The molecule has 2 bridgehead atoms. The van der Waals surface area contributed by atoms with Crippen molar-refractivity contribution in [2.45, 2.75) is 12.8 Å². The lowest BCUT2D eigenvalue weighted by Gasteiger charge is -2.41. The van der Waals surface area contributed by atoms with E-state index in [0.717, 1.165) is 41.7 Å². The third kappa shape index (κ3) is 2.44. The SMILES string of the molecule is COc1ccc(/C=C2/C(=O)C3CCN2CC3)c(Br)c1OC. The molecule has 3 aliphatic rings. The fourth-order valence-electron chi connectivity index (χ4n) is 3.07. The maximum atomic E-state index is 12.4. The van der Waals surface area contributed by atoms with Crippen molar-refractivity contribution in [2.75, 3.05) is 27.3 Å². The van der Waals surface area contributed by atoms with E-state index in [1.807, 2.05) is 18.2 Å². The van der Waals surface area contributed by atoms with Gasteiger partial charge < -0.3 is 14.4 Å². The third-order valence-electron chi connectivity index (χ3n) is 4.27. The molecule has 0 unspecified atom stereocenters. The molecule has 3 aliphatic heterocycles. The van der Waals surface area contributed by atoms with Gasteiger partial charge in [0, 0.05) is 19.0 Å². The molecule has 0 radical (unpaired) electrons. The van der Waals surface area contributed by atoms with Crippen LogP contribution in [0.25, 0.3) is 6.08 Å². The van der Waals surface area contributed by atoms with Crippen LogP contribution in [0, 0.1) is 5.92 Å². The average molecular weight is 352 g/mol. The van der Waals surface area contributed by atoms with Crippen molar-refractivity contribution in [2.24, 2.45) is 5.92 Å². The number of ether oxygens (including phenoxy) is 2. The van der Waals surface area contributed by atoms with Gasteiger partial charge in [0.2, 0.25) is 0 Å². The summed E-state index contributed by atoms with van der Waals surface area (Å²) in [7, 11) is 3.22. The molecule has 3 saturated heterocycles. The van der Waals surface area contributed by atoms with Crippen LogP contribution in [0.15, 0.2) is 22.3 Å². The second kappa shape index (κ2) is 5.72. The number of nitrogens with zero attached hydrogens (tertiary/aromatic N) is 1. The standard InChI is InChI=1S/C16H18BrNO3/c1-20-13-4-3-11(14(17)16(13)21-2)9-12-15(19)10-5-7-18(12)8-6-10/h3-4,9-10H,5-8H2,1-2H3/b12-9-. The molecule has 5 heteroatoms. The molecule has 1 aromatic carbocycles. The number of hydrogen-bond donors (Lipinski definition) is 0. The van der Waals surface area contributed by atoms with Crippen LogP contribution in [0.5, 0.6) is 11.5 Å². The van der Waals surface area contributed by atoms with E-state index in [-0.39, 0.29) is 11.7 Å². The molecular formula is C16H18BrNO3. The highest BCUT2D eigenvalue weighted by molar-refractivity contribution is 9.10. The van der Waals surface area contributed by atoms with Gasteiger partial charge in [-0.25, -0.2) is 0 Å². The zero-order valence-electron chi connectivity index (χ0n) is 12.2. The van der Waals surface area contributed by atoms with Gasteiger partial charge in [-0.3, -0.25) is 4.79 Å². The van der Waals surface area contributed by atoms with Crippen molar-refractivity contribution in [1.29, 1.82) is 0 Å². The van der Waals surface area contributed by atoms with Gasteiger partial charge in [-0.05, 0) is 52.5 Å². The van der Waals surface area contributed by atoms with Crippen LogP contribution < -0.4 is 9.47 Å². The molecule has 0 N–H and O–H groups in total. The number of allylic oxidation sites excluding steroid dienone is 1. The minimum Gasteiger partial charge on any atom is -0.493 e. The second-order valence-corrected chi connectivity index (χ2v) is 6.15. The minimum atomic E-state index is 0.208. The number of hydrogen-bond acceptors (Lipinski definition) is 4. The Bertz CT molecular complexity index is 604. The Hall–Kier alpha value is -1.49. The van der Waals surface area contributed by atoms with E-state index in [1.54, 1.807) is 14.2 Å². The molecule has 0 aliphatic carbocycles. The second-order valence-electron chi connectivity index (χ2n) is 5.36. The van der Waals surface area contributed by atoms with Gasteiger partial charge in [0.25, 0.3) is 0 Å². The molecule has 21 heavy (non-hydrogen) atoms. The topological polar surface area (TPSA) is 38.8 Å². The summed E-state index contributed by atoms with van der Waals surface area (Å²) in [4.78, 5) is 14.6. The zero-order valence-corrected chi connectivity index (χ0v) is 13.8. The van der Waals surface area contributed by atoms with Gasteiger partial charge in [0.05, 0.1) is 24.4 Å². The largest absolute Gasteiger partial charge is 0.493 e. The van der Waals surface area contributed by atoms with E-state index in [4.69, 9.17) is 9.47 Å². The predicted octanol–water partition coefficient (Wildman–Crippen LogP) is 3.10. The fraction of sp³-hybridized carbons (Fsp3) is 0.438. The van der Waals surface area contributed by atoms with E-state index >= 15 is 0 Å². The molecule has 0 spiro atoms. The summed E-state index contributed by atoms with van der Waals surface area (Å²) < 4.78 is 11.5. The van der Waals surface area contributed by atoms with Crippen LogP contribution in [0.4, 0.5) is 0 Å². The Labute approximate surface area is 132 Å². The molecule has 0 amide bonds. The fourth-order valence-corrected chi connectivity index (χ4v) is 3.68. The van der Waals surface area contributed by atoms with Gasteiger partial charge in [0.1, 0.15) is 0 Å². The Morgan fingerprint density at radius 3 is 2.52 bits per heavy atom. The number of methoxy groups -OCH3 is 2. The first-order chi connectivity index (χ1) is 10.2. The molecule has 0 atom stereocenters. The number of piperidine rings is 3. The van der Waals surface area contributed by atoms with Gasteiger partial charge >= 0.3 is 0 Å². The molecule has 3 fully saturated rings. The van der Waals surface area contributed by atoms with Crippen molar-refractivity contribution in [1.82, 2.24) is 4.90 Å². The molecule has 3 heterocycles. The first kappa shape index (κ1) is 14.4. The first-order valence-corrected chi connectivity index (χ1v) is 7.86. The van der Waals surface area contributed by atoms with Gasteiger partial charge in [-0.15, -0.1) is 0 Å². The highest BCUT2D eigenvalue weighted by Gasteiger charge is 2.36. The Morgan fingerprint density at radius 1 is 1.24 bits per heavy atom. The summed E-state index contributed by atoms with van der Waals surface area (Å²) in [6, 6.07) is 3.80. The maximum Gasteiger partial charge on any atom is 0.182 e. The van der Waals surface area contributed by atoms with E-state index in [0.29, 0.717) is 11.5 Å². The average Bonchev–Trinajstić information content (AvgIpc) is 2.52. The smallest absolute Gasteiger partial charge is 0.182 e. The third-order valence-corrected chi connectivity index (χ3v) is 5.08. The monoisotopic (exact) mass is 351 g/mol. The van der Waals surface area contributed by atoms with Gasteiger partial charge in [0.15, 0.2) is 17.3 Å². The van der Waals surface area contributed by atoms with Crippen LogP contribution >= 0.6 is 15.9 Å². The molecule has 4 rings (SSSR count). The summed E-state index contributed by atoms with van der Waals surface area (Å²) in [6.45, 7) is 1.96. The quantitative estimate of drug-likeness (QED) is 0.784. The highest BCUT2D eigenvalue weighted by atomic mass is 79.9. The van der Waals surface area contributed by atoms with Crippen molar-refractivity contribution >= 4 is 27.8 Å². The van der Waals surface area contributed by atoms with E-state index in [2.05, 4.69) is 20.8 Å². The number of Topliss-reactive ketones (excluding diaryl/α,β-unsaturated/α-hetero) is 1. The molecule has 0 saturated carbocycles. The summed E-state index contributed by atoms with van der Waals surface area (Å²) in [5.41, 5.74) is 1.76. The summed E-state index contributed by atoms with van der Waals surface area (Å²) >= 11 is 3.55. The normalized spacial score (nSPS) is 20.2. The Balaban J connectivity index is 2.01. The first-order valence-electron chi connectivity index (χ1n) is 7.07. The van der Waals surface area contributed by atoms with Crippen LogP contribution in [0.3, 0.4) is 0 Å². The van der Waals surface area contributed by atoms with E-state index in [9.17, 15) is 4.79 Å². The van der Waals surface area contributed by atoms with Crippen molar-refractivity contribution in [3.8, 4) is 11.5 Å². The Kier molecular flexibility index (Phi) is 3.93. The number of rotatable bonds is 3. The molecule has 0 aromatic heterocycles. The van der Waals surface area contributed by atoms with Gasteiger partial charge in [-0.1, -0.05) is 0 Å². The number of carbonyl (C=O) groups excluding carboxylic acids is 1. The van der Waals surface area contributed by atoms with Crippen molar-refractivity contribution in [3.63, 3.8) is 0 Å². The van der Waals surface area contributed by atoms with Crippen LogP contribution in [0.1, 0.15) is 18.4 Å². The van der Waals surface area contributed by atoms with Crippen molar-refractivity contribution < 1.29 is 14.3 Å². The molecule has 4 nitrogen and oxygen atoms in total. The van der Waals surface area contributed by atoms with Gasteiger partial charge in [-0.2, -0.15) is 0 Å². The molecule has 112 valence electrons. The highest BCUT2D eigenvalue weighted by Crippen LogP contribution is 2.40. The lowest BCUT2D eigenvalue weighted by Crippen LogP contribution is -2.45. The van der Waals surface area contributed by atoms with Crippen molar-refractivity contribution in [3.05, 3.63) is 27.9 Å². The van der Waals surface area contributed by atoms with E-state index < -0.39 is 0 Å². The van der Waals surface area contributed by atoms with Crippen LogP contribution in [0.2, 0.25) is 0 Å². The predicted molar refractivity (Wildman–Crippen MR) is 84.5 cm³/mol. The van der Waals surface area contributed by atoms with Crippen LogP contribution in [-0.4, -0.2) is 38.0 Å². The maximum absolute atomic E-state index is 12.4. The molecule has 1 aromatic rings. The lowest BCUT2D eigenvalue weighted by atomic mass is 9.84. The summed E-state index contributed by atoms with van der Waals surface area (Å²) in [5.74, 6) is 1.80. The Morgan fingerprint density at radius 2 is 1.95 bits per heavy atom.